The Bertz CT molecular complexity index is 524. The van der Waals surface area contributed by atoms with Crippen LogP contribution in [0.1, 0.15) is 44.2 Å². The minimum atomic E-state index is -4.37. The lowest BCUT2D eigenvalue weighted by Crippen LogP contribution is -2.37. The second kappa shape index (κ2) is 5.70. The summed E-state index contributed by atoms with van der Waals surface area (Å²) < 4.78 is 38.9. The Kier molecular flexibility index (Phi) is 4.30. The predicted octanol–water partition coefficient (Wildman–Crippen LogP) is 3.97. The normalized spacial score (nSPS) is 23.0. The fourth-order valence-electron chi connectivity index (χ4n) is 2.41. The fraction of sp³-hybridized carbons (Fsp3) is 0.562. The molecule has 1 N–H and O–H groups in total. The van der Waals surface area contributed by atoms with Crippen LogP contribution in [0.4, 0.5) is 13.2 Å². The van der Waals surface area contributed by atoms with Crippen molar-refractivity contribution in [2.24, 2.45) is 11.8 Å². The number of carbonyl (C=O) groups excluding carboxylic acids is 1. The molecule has 0 saturated heterocycles. The van der Waals surface area contributed by atoms with Gasteiger partial charge in [-0.3, -0.25) is 4.79 Å². The molecule has 1 aliphatic carbocycles. The monoisotopic (exact) mass is 299 g/mol. The smallest absolute Gasteiger partial charge is 0.353 e. The number of rotatable bonds is 4. The predicted molar refractivity (Wildman–Crippen MR) is 74.7 cm³/mol. The lowest BCUT2D eigenvalue weighted by atomic mass is 10.0. The maximum absolute atomic E-state index is 13.0. The highest BCUT2D eigenvalue weighted by Gasteiger charge is 2.47. The maximum atomic E-state index is 13.0. The molecule has 1 aliphatic rings. The fourth-order valence-corrected chi connectivity index (χ4v) is 2.41. The minimum Gasteiger partial charge on any atom is -0.353 e. The Morgan fingerprint density at radius 3 is 2.43 bits per heavy atom. The van der Waals surface area contributed by atoms with Crippen molar-refractivity contribution < 1.29 is 18.0 Å². The first kappa shape index (κ1) is 15.9. The van der Waals surface area contributed by atoms with Crippen molar-refractivity contribution in [2.45, 2.75) is 45.3 Å². The molecule has 2 nitrogen and oxygen atoms in total. The first-order valence-corrected chi connectivity index (χ1v) is 7.18. The molecule has 21 heavy (non-hydrogen) atoms. The van der Waals surface area contributed by atoms with Crippen LogP contribution >= 0.6 is 0 Å². The third-order valence-corrected chi connectivity index (χ3v) is 4.16. The van der Waals surface area contributed by atoms with Crippen LogP contribution in [0.25, 0.3) is 0 Å². The SMILES string of the molecule is CC(C)C(C)NC(=O)C1CC1c1ccccc1C(F)(F)F. The highest BCUT2D eigenvalue weighted by Crippen LogP contribution is 2.51. The van der Waals surface area contributed by atoms with Crippen LogP contribution in [0.5, 0.6) is 0 Å². The first-order chi connectivity index (χ1) is 9.71. The third kappa shape index (κ3) is 3.57. The summed E-state index contributed by atoms with van der Waals surface area (Å²) in [6, 6.07) is 5.56. The van der Waals surface area contributed by atoms with Gasteiger partial charge in [0.1, 0.15) is 0 Å². The topological polar surface area (TPSA) is 29.1 Å². The molecule has 116 valence electrons. The molecule has 1 fully saturated rings. The number of benzene rings is 1. The Hall–Kier alpha value is -1.52. The highest BCUT2D eigenvalue weighted by molar-refractivity contribution is 5.83. The average molecular weight is 299 g/mol. The zero-order valence-corrected chi connectivity index (χ0v) is 12.4. The average Bonchev–Trinajstić information content (AvgIpc) is 3.17. The Labute approximate surface area is 122 Å². The van der Waals surface area contributed by atoms with E-state index >= 15 is 0 Å². The van der Waals surface area contributed by atoms with E-state index in [0.29, 0.717) is 12.3 Å². The zero-order chi connectivity index (χ0) is 15.8. The highest BCUT2D eigenvalue weighted by atomic mass is 19.4. The van der Waals surface area contributed by atoms with Gasteiger partial charge in [-0.2, -0.15) is 13.2 Å². The van der Waals surface area contributed by atoms with Crippen LogP contribution < -0.4 is 5.32 Å². The summed E-state index contributed by atoms with van der Waals surface area (Å²) in [5.41, 5.74) is -0.385. The van der Waals surface area contributed by atoms with Gasteiger partial charge in [0.15, 0.2) is 0 Å². The Balaban J connectivity index is 2.09. The second-order valence-electron chi connectivity index (χ2n) is 6.07. The molecule has 3 atom stereocenters. The van der Waals surface area contributed by atoms with Gasteiger partial charge in [0.2, 0.25) is 5.91 Å². The van der Waals surface area contributed by atoms with E-state index in [-0.39, 0.29) is 29.3 Å². The molecular formula is C16H20F3NO. The van der Waals surface area contributed by atoms with Crippen LogP contribution in [0, 0.1) is 11.8 Å². The van der Waals surface area contributed by atoms with Crippen molar-refractivity contribution in [1.82, 2.24) is 5.32 Å². The van der Waals surface area contributed by atoms with Gasteiger partial charge in [-0.05, 0) is 36.8 Å². The molecule has 0 aliphatic heterocycles. The van der Waals surface area contributed by atoms with E-state index in [4.69, 9.17) is 0 Å². The summed E-state index contributed by atoms with van der Waals surface area (Å²) in [6.07, 6.45) is -3.88. The number of alkyl halides is 3. The van der Waals surface area contributed by atoms with Gasteiger partial charge in [0.05, 0.1) is 5.56 Å². The van der Waals surface area contributed by atoms with Gasteiger partial charge < -0.3 is 5.32 Å². The molecule has 1 aromatic rings. The van der Waals surface area contributed by atoms with Crippen molar-refractivity contribution in [1.29, 1.82) is 0 Å². The molecule has 1 aromatic carbocycles. The minimum absolute atomic E-state index is 0.0246. The van der Waals surface area contributed by atoms with Crippen LogP contribution in [0.3, 0.4) is 0 Å². The van der Waals surface area contributed by atoms with E-state index in [1.165, 1.54) is 12.1 Å². The van der Waals surface area contributed by atoms with E-state index < -0.39 is 11.7 Å². The molecule has 0 bridgehead atoms. The van der Waals surface area contributed by atoms with Crippen LogP contribution in [0.15, 0.2) is 24.3 Å². The lowest BCUT2D eigenvalue weighted by Gasteiger charge is -2.17. The number of carbonyl (C=O) groups is 1. The maximum Gasteiger partial charge on any atom is 0.416 e. The zero-order valence-electron chi connectivity index (χ0n) is 12.4. The van der Waals surface area contributed by atoms with E-state index in [1.807, 2.05) is 20.8 Å². The van der Waals surface area contributed by atoms with Gasteiger partial charge >= 0.3 is 6.18 Å². The number of hydrogen-bond acceptors (Lipinski definition) is 1. The van der Waals surface area contributed by atoms with E-state index in [1.54, 1.807) is 6.07 Å². The van der Waals surface area contributed by atoms with Crippen molar-refractivity contribution in [3.63, 3.8) is 0 Å². The van der Waals surface area contributed by atoms with Crippen molar-refractivity contribution in [3.05, 3.63) is 35.4 Å². The van der Waals surface area contributed by atoms with E-state index in [2.05, 4.69) is 5.32 Å². The first-order valence-electron chi connectivity index (χ1n) is 7.18. The number of amides is 1. The molecule has 0 radical (unpaired) electrons. The van der Waals surface area contributed by atoms with Crippen LogP contribution in [0.2, 0.25) is 0 Å². The summed E-state index contributed by atoms with van der Waals surface area (Å²) in [7, 11) is 0. The molecule has 1 saturated carbocycles. The molecule has 0 aromatic heterocycles. The van der Waals surface area contributed by atoms with Gasteiger partial charge in [0.25, 0.3) is 0 Å². The van der Waals surface area contributed by atoms with Gasteiger partial charge in [0, 0.05) is 12.0 Å². The molecular weight excluding hydrogens is 279 g/mol. The second-order valence-corrected chi connectivity index (χ2v) is 6.07. The number of halogens is 3. The van der Waals surface area contributed by atoms with Gasteiger partial charge in [-0.1, -0.05) is 32.0 Å². The van der Waals surface area contributed by atoms with Crippen LogP contribution in [-0.2, 0) is 11.0 Å². The van der Waals surface area contributed by atoms with Crippen molar-refractivity contribution in [2.75, 3.05) is 0 Å². The van der Waals surface area contributed by atoms with Crippen molar-refractivity contribution >= 4 is 5.91 Å². The Morgan fingerprint density at radius 1 is 1.24 bits per heavy atom. The number of hydrogen-bond donors (Lipinski definition) is 1. The number of nitrogens with one attached hydrogen (secondary N) is 1. The standard InChI is InChI=1S/C16H20F3NO/c1-9(2)10(3)20-15(21)13-8-12(13)11-6-4-5-7-14(11)16(17,18)19/h4-7,9-10,12-13H,8H2,1-3H3,(H,20,21). The molecule has 1 amide bonds. The van der Waals surface area contributed by atoms with Gasteiger partial charge in [-0.25, -0.2) is 0 Å². The van der Waals surface area contributed by atoms with E-state index in [0.717, 1.165) is 6.07 Å². The summed E-state index contributed by atoms with van der Waals surface area (Å²) in [4.78, 5) is 12.1. The largest absolute Gasteiger partial charge is 0.416 e. The van der Waals surface area contributed by atoms with Crippen molar-refractivity contribution in [3.8, 4) is 0 Å². The summed E-state index contributed by atoms with van der Waals surface area (Å²) in [6.45, 7) is 5.90. The molecule has 3 unspecified atom stereocenters. The summed E-state index contributed by atoms with van der Waals surface area (Å²) in [5.74, 6) is -0.497. The van der Waals surface area contributed by atoms with Gasteiger partial charge in [-0.15, -0.1) is 0 Å². The lowest BCUT2D eigenvalue weighted by molar-refractivity contribution is -0.138. The third-order valence-electron chi connectivity index (χ3n) is 4.16. The van der Waals surface area contributed by atoms with E-state index in [9.17, 15) is 18.0 Å². The van der Waals surface area contributed by atoms with Crippen LogP contribution in [-0.4, -0.2) is 11.9 Å². The quantitative estimate of drug-likeness (QED) is 0.895. The summed E-state index contributed by atoms with van der Waals surface area (Å²) in [5, 5.41) is 2.88. The Morgan fingerprint density at radius 2 is 1.86 bits per heavy atom. The molecule has 0 heterocycles. The molecule has 2 rings (SSSR count). The summed E-state index contributed by atoms with van der Waals surface area (Å²) >= 11 is 0. The molecule has 0 spiro atoms. The molecule has 5 heteroatoms.